The number of benzene rings is 1. The highest BCUT2D eigenvalue weighted by molar-refractivity contribution is 7.88. The number of hydrogen-bond donors (Lipinski definition) is 0. The number of sulfonamides is 1. The number of carbonyl (C=O) groups excluding carboxylic acids is 1. The molecule has 1 aliphatic rings. The summed E-state index contributed by atoms with van der Waals surface area (Å²) in [7, 11) is -1.61. The van der Waals surface area contributed by atoms with Crippen LogP contribution in [0.4, 0.5) is 0 Å². The summed E-state index contributed by atoms with van der Waals surface area (Å²) in [6, 6.07) is 2.01. The number of hydrogen-bond acceptors (Lipinski definition) is 5. The van der Waals surface area contributed by atoms with Gasteiger partial charge >= 0.3 is 0 Å². The average Bonchev–Trinajstić information content (AvgIpc) is 2.95. The highest BCUT2D eigenvalue weighted by Gasteiger charge is 2.26. The molecule has 0 spiro atoms. The molecule has 0 radical (unpaired) electrons. The first-order valence-electron chi connectivity index (χ1n) is 9.54. The van der Waals surface area contributed by atoms with E-state index in [0.717, 1.165) is 39.0 Å². The van der Waals surface area contributed by atoms with Gasteiger partial charge in [-0.15, -0.1) is 0 Å². The molecule has 3 rings (SSSR count). The fraction of sp³-hybridized carbons (Fsp3) is 0.476. The van der Waals surface area contributed by atoms with Crippen molar-refractivity contribution in [2.45, 2.75) is 27.7 Å². The quantitative estimate of drug-likeness (QED) is 0.711. The van der Waals surface area contributed by atoms with Crippen LogP contribution < -0.4 is 4.74 Å². The molecule has 0 saturated carbocycles. The third-order valence-electron chi connectivity index (χ3n) is 5.63. The van der Waals surface area contributed by atoms with E-state index in [1.807, 2.05) is 33.8 Å². The predicted octanol–water partition coefficient (Wildman–Crippen LogP) is 2.87. The fourth-order valence-electron chi connectivity index (χ4n) is 3.76. The third-order valence-corrected chi connectivity index (χ3v) is 6.94. The molecule has 1 aromatic carbocycles. The van der Waals surface area contributed by atoms with E-state index in [9.17, 15) is 13.2 Å². The standard InChI is InChI=1S/C21H28N2O5S/c1-13(11-19(24)22-7-9-23(10-8-22)29(6,25)26)17-12-18-14(2)16(4)28-21(18)15(3)20(17)27-5/h11-12H,7-10H2,1-6H3/b13-11+. The maximum absolute atomic E-state index is 12.8. The SMILES string of the molecule is COc1c(/C(C)=C/C(=O)N2CCN(S(C)(=O)=O)CC2)cc2c(C)c(C)oc2c1C. The molecule has 0 bridgehead atoms. The van der Waals surface area contributed by atoms with E-state index in [1.54, 1.807) is 18.1 Å². The van der Waals surface area contributed by atoms with Crippen LogP contribution in [0, 0.1) is 20.8 Å². The lowest BCUT2D eigenvalue weighted by Gasteiger charge is -2.32. The van der Waals surface area contributed by atoms with Crippen molar-refractivity contribution in [3.05, 3.63) is 34.6 Å². The molecule has 2 heterocycles. The molecule has 0 atom stereocenters. The number of rotatable bonds is 4. The Bertz CT molecular complexity index is 1090. The molecule has 2 aromatic rings. The first-order valence-corrected chi connectivity index (χ1v) is 11.4. The van der Waals surface area contributed by atoms with E-state index < -0.39 is 10.0 Å². The van der Waals surface area contributed by atoms with Gasteiger partial charge in [-0.25, -0.2) is 8.42 Å². The highest BCUT2D eigenvalue weighted by atomic mass is 32.2. The summed E-state index contributed by atoms with van der Waals surface area (Å²) in [6.45, 7) is 9.18. The summed E-state index contributed by atoms with van der Waals surface area (Å²) >= 11 is 0. The first-order chi connectivity index (χ1) is 13.5. The number of piperazine rings is 1. The molecule has 0 aliphatic carbocycles. The molecule has 1 aromatic heterocycles. The lowest BCUT2D eigenvalue weighted by molar-refractivity contribution is -0.127. The van der Waals surface area contributed by atoms with E-state index in [0.29, 0.717) is 31.9 Å². The van der Waals surface area contributed by atoms with Crippen molar-refractivity contribution in [3.8, 4) is 5.75 Å². The van der Waals surface area contributed by atoms with Crippen LogP contribution in [0.5, 0.6) is 5.75 Å². The zero-order valence-electron chi connectivity index (χ0n) is 17.8. The van der Waals surface area contributed by atoms with E-state index in [-0.39, 0.29) is 5.91 Å². The molecule has 1 amide bonds. The first kappa shape index (κ1) is 21.4. The number of allylic oxidation sites excluding steroid dienone is 1. The Kier molecular flexibility index (Phi) is 5.78. The number of aryl methyl sites for hydroxylation is 3. The summed E-state index contributed by atoms with van der Waals surface area (Å²) in [5.41, 5.74) is 4.42. The van der Waals surface area contributed by atoms with Crippen molar-refractivity contribution in [1.29, 1.82) is 0 Å². The Morgan fingerprint density at radius 2 is 1.76 bits per heavy atom. The largest absolute Gasteiger partial charge is 0.496 e. The number of ether oxygens (including phenoxy) is 1. The summed E-state index contributed by atoms with van der Waals surface area (Å²) < 4.78 is 36.2. The van der Waals surface area contributed by atoms with Crippen LogP contribution in [0.25, 0.3) is 16.5 Å². The molecule has 7 nitrogen and oxygen atoms in total. The van der Waals surface area contributed by atoms with Crippen molar-refractivity contribution in [2.24, 2.45) is 0 Å². The zero-order valence-corrected chi connectivity index (χ0v) is 18.6. The minimum atomic E-state index is -3.22. The van der Waals surface area contributed by atoms with Crippen LogP contribution in [0.15, 0.2) is 16.6 Å². The predicted molar refractivity (Wildman–Crippen MR) is 114 cm³/mol. The number of nitrogens with zero attached hydrogens (tertiary/aromatic N) is 2. The lowest BCUT2D eigenvalue weighted by Crippen LogP contribution is -2.49. The summed E-state index contributed by atoms with van der Waals surface area (Å²) in [6.07, 6.45) is 2.79. The van der Waals surface area contributed by atoms with Gasteiger partial charge in [-0.2, -0.15) is 4.31 Å². The Morgan fingerprint density at radius 1 is 1.14 bits per heavy atom. The van der Waals surface area contributed by atoms with Crippen molar-refractivity contribution in [3.63, 3.8) is 0 Å². The van der Waals surface area contributed by atoms with Gasteiger partial charge in [-0.05, 0) is 44.9 Å². The number of amides is 1. The van der Waals surface area contributed by atoms with E-state index in [1.165, 1.54) is 10.6 Å². The van der Waals surface area contributed by atoms with Gasteiger partial charge in [0.05, 0.1) is 13.4 Å². The van der Waals surface area contributed by atoms with Gasteiger partial charge in [-0.1, -0.05) is 0 Å². The van der Waals surface area contributed by atoms with E-state index in [4.69, 9.17) is 9.15 Å². The zero-order chi connectivity index (χ0) is 21.5. The van der Waals surface area contributed by atoms with Crippen LogP contribution in [0.1, 0.15) is 29.4 Å². The van der Waals surface area contributed by atoms with Gasteiger partial charge in [0.2, 0.25) is 15.9 Å². The van der Waals surface area contributed by atoms with Crippen LogP contribution in [-0.4, -0.2) is 63.1 Å². The minimum absolute atomic E-state index is 0.129. The van der Waals surface area contributed by atoms with Crippen LogP contribution >= 0.6 is 0 Å². The maximum atomic E-state index is 12.8. The van der Waals surface area contributed by atoms with E-state index in [2.05, 4.69) is 0 Å². The minimum Gasteiger partial charge on any atom is -0.496 e. The Labute approximate surface area is 172 Å². The summed E-state index contributed by atoms with van der Waals surface area (Å²) in [4.78, 5) is 14.5. The summed E-state index contributed by atoms with van der Waals surface area (Å²) in [5, 5.41) is 1.01. The monoisotopic (exact) mass is 420 g/mol. The van der Waals surface area contributed by atoms with Gasteiger partial charge < -0.3 is 14.1 Å². The van der Waals surface area contributed by atoms with Gasteiger partial charge in [0.15, 0.2) is 0 Å². The van der Waals surface area contributed by atoms with E-state index >= 15 is 0 Å². The molecule has 1 fully saturated rings. The normalized spacial score (nSPS) is 16.5. The number of fused-ring (bicyclic) bond motifs is 1. The topological polar surface area (TPSA) is 80.1 Å². The highest BCUT2D eigenvalue weighted by Crippen LogP contribution is 2.38. The molecule has 158 valence electrons. The molecule has 0 N–H and O–H groups in total. The Balaban J connectivity index is 1.90. The van der Waals surface area contributed by atoms with Crippen molar-refractivity contribution >= 4 is 32.5 Å². The second kappa shape index (κ2) is 7.84. The molecular formula is C21H28N2O5S. The molecular weight excluding hydrogens is 392 g/mol. The number of furan rings is 1. The van der Waals surface area contributed by atoms with Gasteiger partial charge in [0, 0.05) is 48.8 Å². The van der Waals surface area contributed by atoms with Crippen LogP contribution in [0.2, 0.25) is 0 Å². The van der Waals surface area contributed by atoms with Gasteiger partial charge in [-0.3, -0.25) is 4.79 Å². The van der Waals surface area contributed by atoms with Gasteiger partial charge in [0.1, 0.15) is 17.1 Å². The molecule has 8 heteroatoms. The second-order valence-corrected chi connectivity index (χ2v) is 9.54. The van der Waals surface area contributed by atoms with Gasteiger partial charge in [0.25, 0.3) is 0 Å². The molecule has 1 saturated heterocycles. The molecule has 0 unspecified atom stereocenters. The van der Waals surface area contributed by atoms with Crippen LogP contribution in [0.3, 0.4) is 0 Å². The second-order valence-electron chi connectivity index (χ2n) is 7.56. The Morgan fingerprint density at radius 3 is 2.31 bits per heavy atom. The molecule has 29 heavy (non-hydrogen) atoms. The maximum Gasteiger partial charge on any atom is 0.246 e. The van der Waals surface area contributed by atoms with Crippen molar-refractivity contribution in [2.75, 3.05) is 39.5 Å². The van der Waals surface area contributed by atoms with Crippen LogP contribution in [-0.2, 0) is 14.8 Å². The fourth-order valence-corrected chi connectivity index (χ4v) is 4.59. The van der Waals surface area contributed by atoms with Crippen molar-refractivity contribution in [1.82, 2.24) is 9.21 Å². The number of carbonyl (C=O) groups is 1. The average molecular weight is 421 g/mol. The lowest BCUT2D eigenvalue weighted by atomic mass is 9.98. The summed E-state index contributed by atoms with van der Waals surface area (Å²) in [5.74, 6) is 1.43. The third kappa shape index (κ3) is 4.04. The number of methoxy groups -OCH3 is 1. The van der Waals surface area contributed by atoms with Crippen molar-refractivity contribution < 1.29 is 22.4 Å². The molecule has 1 aliphatic heterocycles. The Hall–Kier alpha value is -2.32. The smallest absolute Gasteiger partial charge is 0.246 e.